The number of carbonyl (C=O) groups excluding carboxylic acids is 1. The third-order valence-corrected chi connectivity index (χ3v) is 6.98. The molecule has 5 aromatic rings. The number of cyclic esters (lactones) is 1. The molecule has 5 aromatic carbocycles. The number of rotatable bonds is 7. The van der Waals surface area contributed by atoms with Crippen LogP contribution in [0.4, 0.5) is 0 Å². The van der Waals surface area contributed by atoms with Crippen LogP contribution in [0.2, 0.25) is 0 Å². The summed E-state index contributed by atoms with van der Waals surface area (Å²) in [6.45, 7) is 1.18. The van der Waals surface area contributed by atoms with E-state index in [9.17, 15) is 4.79 Å². The molecular weight excluding hydrogens is 492 g/mol. The van der Waals surface area contributed by atoms with Crippen molar-refractivity contribution >= 4 is 16.7 Å². The van der Waals surface area contributed by atoms with Gasteiger partial charge in [-0.15, -0.1) is 0 Å². The molecular formula is C33H24O6. The molecule has 2 heterocycles. The summed E-state index contributed by atoms with van der Waals surface area (Å²) in [5.41, 5.74) is 5.12. The molecule has 6 nitrogen and oxygen atoms in total. The second kappa shape index (κ2) is 9.72. The Morgan fingerprint density at radius 3 is 2.03 bits per heavy atom. The lowest BCUT2D eigenvalue weighted by Gasteiger charge is -2.17. The summed E-state index contributed by atoms with van der Waals surface area (Å²) in [5.74, 6) is 2.21. The summed E-state index contributed by atoms with van der Waals surface area (Å²) in [4.78, 5) is 12.9. The van der Waals surface area contributed by atoms with E-state index >= 15 is 0 Å². The minimum atomic E-state index is -0.337. The van der Waals surface area contributed by atoms with Crippen molar-refractivity contribution in [1.82, 2.24) is 0 Å². The maximum Gasteiger partial charge on any atom is 0.339 e. The fourth-order valence-corrected chi connectivity index (χ4v) is 5.08. The van der Waals surface area contributed by atoms with Gasteiger partial charge >= 0.3 is 5.97 Å². The minimum Gasteiger partial charge on any atom is -0.485 e. The number of hydrogen-bond acceptors (Lipinski definition) is 6. The van der Waals surface area contributed by atoms with E-state index in [-0.39, 0.29) is 19.4 Å². The van der Waals surface area contributed by atoms with Crippen molar-refractivity contribution in [3.8, 4) is 34.1 Å². The van der Waals surface area contributed by atoms with E-state index in [4.69, 9.17) is 23.7 Å². The van der Waals surface area contributed by atoms with Crippen molar-refractivity contribution in [1.29, 1.82) is 0 Å². The summed E-state index contributed by atoms with van der Waals surface area (Å²) in [6, 6.07) is 31.7. The lowest BCUT2D eigenvalue weighted by molar-refractivity contribution is 0.0535. The first kappa shape index (κ1) is 23.2. The summed E-state index contributed by atoms with van der Waals surface area (Å²) in [6.07, 6.45) is 0. The average Bonchev–Trinajstić information content (AvgIpc) is 3.60. The molecule has 0 amide bonds. The summed E-state index contributed by atoms with van der Waals surface area (Å²) >= 11 is 0. The van der Waals surface area contributed by atoms with Gasteiger partial charge in [-0.1, -0.05) is 66.7 Å². The van der Waals surface area contributed by atoms with Gasteiger partial charge in [0.05, 0.1) is 5.56 Å². The van der Waals surface area contributed by atoms with E-state index in [1.54, 1.807) is 0 Å². The van der Waals surface area contributed by atoms with E-state index < -0.39 is 0 Å². The molecule has 0 aliphatic carbocycles. The molecule has 0 atom stereocenters. The van der Waals surface area contributed by atoms with Gasteiger partial charge in [-0.3, -0.25) is 0 Å². The fraction of sp³-hybridized carbons (Fsp3) is 0.121. The SMILES string of the molecule is O=C1OCc2cc3cc(OCc4ccccc4)c(OCc4ccccc4)cc3c(-c3ccc4c(c3)OCO4)c21. The molecule has 0 unspecified atom stereocenters. The molecule has 0 fully saturated rings. The van der Waals surface area contributed by atoms with Crippen molar-refractivity contribution in [3.05, 3.63) is 119 Å². The first-order valence-corrected chi connectivity index (χ1v) is 12.8. The van der Waals surface area contributed by atoms with E-state index in [2.05, 4.69) is 0 Å². The molecule has 0 saturated heterocycles. The van der Waals surface area contributed by atoms with E-state index in [0.717, 1.165) is 38.6 Å². The van der Waals surface area contributed by atoms with Crippen molar-refractivity contribution < 1.29 is 28.5 Å². The Balaban J connectivity index is 1.37. The topological polar surface area (TPSA) is 63.2 Å². The monoisotopic (exact) mass is 516 g/mol. The van der Waals surface area contributed by atoms with Gasteiger partial charge in [0, 0.05) is 11.1 Å². The summed E-state index contributed by atoms with van der Waals surface area (Å²) in [5, 5.41) is 1.79. The summed E-state index contributed by atoms with van der Waals surface area (Å²) < 4.78 is 29.3. The van der Waals surface area contributed by atoms with Gasteiger partial charge in [0.15, 0.2) is 23.0 Å². The van der Waals surface area contributed by atoms with E-state index in [1.165, 1.54) is 0 Å². The normalized spacial score (nSPS) is 13.3. The Labute approximate surface area is 225 Å². The molecule has 39 heavy (non-hydrogen) atoms. The maximum absolute atomic E-state index is 12.9. The van der Waals surface area contributed by atoms with Crippen LogP contribution in [0.5, 0.6) is 23.0 Å². The van der Waals surface area contributed by atoms with Crippen LogP contribution in [0.15, 0.2) is 97.1 Å². The van der Waals surface area contributed by atoms with Gasteiger partial charge in [0.1, 0.15) is 19.8 Å². The van der Waals surface area contributed by atoms with Crippen molar-refractivity contribution in [2.24, 2.45) is 0 Å². The zero-order chi connectivity index (χ0) is 26.2. The number of benzene rings is 5. The zero-order valence-corrected chi connectivity index (χ0v) is 21.0. The number of hydrogen-bond donors (Lipinski definition) is 0. The summed E-state index contributed by atoms with van der Waals surface area (Å²) in [7, 11) is 0. The maximum atomic E-state index is 12.9. The molecule has 0 aromatic heterocycles. The Morgan fingerprint density at radius 1 is 0.641 bits per heavy atom. The van der Waals surface area contributed by atoms with E-state index in [0.29, 0.717) is 41.8 Å². The molecule has 0 bridgehead atoms. The molecule has 2 aliphatic rings. The van der Waals surface area contributed by atoms with Crippen LogP contribution in [0, 0.1) is 0 Å². The van der Waals surface area contributed by atoms with Crippen LogP contribution in [0.1, 0.15) is 27.0 Å². The Morgan fingerprint density at radius 2 is 1.31 bits per heavy atom. The highest BCUT2D eigenvalue weighted by Crippen LogP contribution is 2.45. The molecule has 6 heteroatoms. The second-order valence-corrected chi connectivity index (χ2v) is 9.50. The first-order chi connectivity index (χ1) is 19.2. The van der Waals surface area contributed by atoms with Crippen LogP contribution in [0.3, 0.4) is 0 Å². The second-order valence-electron chi connectivity index (χ2n) is 9.50. The Kier molecular flexibility index (Phi) is 5.78. The zero-order valence-electron chi connectivity index (χ0n) is 21.0. The third kappa shape index (κ3) is 4.40. The van der Waals surface area contributed by atoms with Crippen molar-refractivity contribution in [2.45, 2.75) is 19.8 Å². The van der Waals surface area contributed by atoms with Crippen LogP contribution < -0.4 is 18.9 Å². The highest BCUT2D eigenvalue weighted by atomic mass is 16.7. The van der Waals surface area contributed by atoms with Gasteiger partial charge in [-0.2, -0.15) is 0 Å². The molecule has 0 saturated carbocycles. The first-order valence-electron chi connectivity index (χ1n) is 12.8. The van der Waals surface area contributed by atoms with Crippen LogP contribution in [0.25, 0.3) is 21.9 Å². The Bertz CT molecular complexity index is 1700. The van der Waals surface area contributed by atoms with Gasteiger partial charge in [-0.05, 0) is 57.8 Å². The average molecular weight is 517 g/mol. The van der Waals surface area contributed by atoms with E-state index in [1.807, 2.05) is 97.1 Å². The van der Waals surface area contributed by atoms with Crippen molar-refractivity contribution in [3.63, 3.8) is 0 Å². The lowest BCUT2D eigenvalue weighted by atomic mass is 9.90. The smallest absolute Gasteiger partial charge is 0.339 e. The quantitative estimate of drug-likeness (QED) is 0.216. The fourth-order valence-electron chi connectivity index (χ4n) is 5.08. The van der Waals surface area contributed by atoms with Crippen LogP contribution in [-0.4, -0.2) is 12.8 Å². The molecule has 7 rings (SSSR count). The minimum absolute atomic E-state index is 0.175. The highest BCUT2D eigenvalue weighted by Gasteiger charge is 2.29. The largest absolute Gasteiger partial charge is 0.485 e. The van der Waals surface area contributed by atoms with Gasteiger partial charge in [-0.25, -0.2) is 4.79 Å². The standard InChI is InChI=1S/C33H24O6/c34-33-32-25(19-37-33)13-24-15-29(35-17-21-7-3-1-4-8-21)30(36-18-22-9-5-2-6-10-22)16-26(24)31(32)23-11-12-27-28(14-23)39-20-38-27/h1-16H,17-20H2. The number of esters is 1. The predicted octanol–water partition coefficient (Wildman–Crippen LogP) is 7.06. The van der Waals surface area contributed by atoms with Gasteiger partial charge < -0.3 is 23.7 Å². The van der Waals surface area contributed by atoms with Crippen LogP contribution in [-0.2, 0) is 24.6 Å². The predicted molar refractivity (Wildman–Crippen MR) is 146 cm³/mol. The molecule has 0 radical (unpaired) electrons. The Hall–Kier alpha value is -4.97. The van der Waals surface area contributed by atoms with Crippen LogP contribution >= 0.6 is 0 Å². The van der Waals surface area contributed by atoms with Gasteiger partial charge in [0.25, 0.3) is 0 Å². The number of carbonyl (C=O) groups is 1. The number of ether oxygens (including phenoxy) is 5. The molecule has 0 spiro atoms. The van der Waals surface area contributed by atoms with Crippen molar-refractivity contribution in [2.75, 3.05) is 6.79 Å². The third-order valence-electron chi connectivity index (χ3n) is 6.98. The van der Waals surface area contributed by atoms with Gasteiger partial charge in [0.2, 0.25) is 6.79 Å². The number of fused-ring (bicyclic) bond motifs is 3. The molecule has 192 valence electrons. The molecule has 2 aliphatic heterocycles. The lowest BCUT2D eigenvalue weighted by Crippen LogP contribution is -2.02. The molecule has 0 N–H and O–H groups in total. The highest BCUT2D eigenvalue weighted by molar-refractivity contribution is 6.11.